The van der Waals surface area contributed by atoms with E-state index in [0.717, 1.165) is 51.0 Å². The summed E-state index contributed by atoms with van der Waals surface area (Å²) in [7, 11) is 0. The Morgan fingerprint density at radius 1 is 1.32 bits per heavy atom. The lowest BCUT2D eigenvalue weighted by atomic mass is 10.1. The van der Waals surface area contributed by atoms with Gasteiger partial charge in [-0.25, -0.2) is 4.98 Å². The topological polar surface area (TPSA) is 45.2 Å². The smallest absolute Gasteiger partial charge is 0.237 e. The third-order valence-electron chi connectivity index (χ3n) is 4.83. The minimum Gasteiger partial charge on any atom is -0.355 e. The average Bonchev–Trinajstić information content (AvgIpc) is 3.19. The third kappa shape index (κ3) is 4.89. The maximum Gasteiger partial charge on any atom is 0.237 e. The predicted octanol–water partition coefficient (Wildman–Crippen LogP) is 3.47. The van der Waals surface area contributed by atoms with Crippen LogP contribution in [0.3, 0.4) is 0 Å². The van der Waals surface area contributed by atoms with Crippen molar-refractivity contribution < 1.29 is 4.79 Å². The Labute approximate surface area is 154 Å². The van der Waals surface area contributed by atoms with Gasteiger partial charge in [-0.15, -0.1) is 11.3 Å². The molecule has 3 rings (SSSR count). The molecular formula is C20H27N3OS. The molecule has 1 saturated heterocycles. The fourth-order valence-corrected chi connectivity index (χ4v) is 4.32. The van der Waals surface area contributed by atoms with Crippen molar-refractivity contribution >= 4 is 17.2 Å². The average molecular weight is 358 g/mol. The van der Waals surface area contributed by atoms with E-state index in [1.54, 1.807) is 11.3 Å². The van der Waals surface area contributed by atoms with E-state index >= 15 is 0 Å². The molecule has 1 aliphatic heterocycles. The molecule has 5 heteroatoms. The van der Waals surface area contributed by atoms with E-state index in [9.17, 15) is 4.79 Å². The van der Waals surface area contributed by atoms with Crippen LogP contribution in [-0.4, -0.2) is 34.9 Å². The summed E-state index contributed by atoms with van der Waals surface area (Å²) in [6.07, 6.45) is 3.95. The molecule has 0 saturated carbocycles. The Morgan fingerprint density at radius 3 is 2.84 bits per heavy atom. The summed E-state index contributed by atoms with van der Waals surface area (Å²) in [5.41, 5.74) is 2.41. The highest BCUT2D eigenvalue weighted by Crippen LogP contribution is 2.20. The van der Waals surface area contributed by atoms with Gasteiger partial charge in [-0.2, -0.15) is 0 Å². The van der Waals surface area contributed by atoms with Crippen LogP contribution in [0.2, 0.25) is 0 Å². The lowest BCUT2D eigenvalue weighted by Crippen LogP contribution is -2.43. The molecule has 0 unspecified atom stereocenters. The number of nitrogens with zero attached hydrogens (tertiary/aromatic N) is 2. The van der Waals surface area contributed by atoms with E-state index in [-0.39, 0.29) is 11.9 Å². The first kappa shape index (κ1) is 18.1. The first-order chi connectivity index (χ1) is 12.1. The van der Waals surface area contributed by atoms with Crippen molar-refractivity contribution in [3.63, 3.8) is 0 Å². The zero-order valence-electron chi connectivity index (χ0n) is 15.1. The lowest BCUT2D eigenvalue weighted by Gasteiger charge is -2.23. The van der Waals surface area contributed by atoms with Crippen molar-refractivity contribution in [1.29, 1.82) is 0 Å². The number of amides is 1. The number of hydrogen-bond acceptors (Lipinski definition) is 4. The van der Waals surface area contributed by atoms with Crippen LogP contribution in [0.1, 0.15) is 40.4 Å². The number of carbonyl (C=O) groups excluding carboxylic acids is 1. The highest BCUT2D eigenvalue weighted by Gasteiger charge is 2.30. The van der Waals surface area contributed by atoms with Crippen LogP contribution >= 0.6 is 11.3 Å². The Morgan fingerprint density at radius 2 is 2.12 bits per heavy atom. The number of hydrogen-bond donors (Lipinski definition) is 1. The summed E-state index contributed by atoms with van der Waals surface area (Å²) < 4.78 is 0. The van der Waals surface area contributed by atoms with Gasteiger partial charge in [0, 0.05) is 24.4 Å². The van der Waals surface area contributed by atoms with Gasteiger partial charge in [0.2, 0.25) is 5.91 Å². The molecule has 1 amide bonds. The Kier molecular flexibility index (Phi) is 6.21. The quantitative estimate of drug-likeness (QED) is 0.772. The molecular weight excluding hydrogens is 330 g/mol. The molecule has 25 heavy (non-hydrogen) atoms. The van der Waals surface area contributed by atoms with Crippen LogP contribution in [0.4, 0.5) is 0 Å². The highest BCUT2D eigenvalue weighted by atomic mass is 32.1. The van der Waals surface area contributed by atoms with Gasteiger partial charge in [-0.05, 0) is 45.2 Å². The molecule has 1 aromatic carbocycles. The number of likely N-dealkylation sites (tertiary alicyclic amines) is 1. The molecule has 0 aliphatic carbocycles. The number of thiazole rings is 1. The van der Waals surface area contributed by atoms with Crippen LogP contribution in [0.15, 0.2) is 30.3 Å². The molecule has 0 bridgehead atoms. The van der Waals surface area contributed by atoms with Gasteiger partial charge >= 0.3 is 0 Å². The minimum atomic E-state index is 0.0181. The van der Waals surface area contributed by atoms with Gasteiger partial charge < -0.3 is 5.32 Å². The van der Waals surface area contributed by atoms with E-state index in [4.69, 9.17) is 0 Å². The van der Waals surface area contributed by atoms with E-state index in [0.29, 0.717) is 0 Å². The maximum absolute atomic E-state index is 12.5. The molecule has 134 valence electrons. The second-order valence-electron chi connectivity index (χ2n) is 6.76. The standard InChI is InChI=1S/C20H27N3OS/c1-15-16(2)25-19(22-15)11-6-12-21-20(24)18-10-7-13-23(18)14-17-8-4-3-5-9-17/h3-5,8-9,18H,6-7,10-14H2,1-2H3,(H,21,24)/t18-/m0/s1. The van der Waals surface area contributed by atoms with Crippen molar-refractivity contribution in [2.45, 2.75) is 52.1 Å². The number of nitrogens with one attached hydrogen (secondary N) is 1. The van der Waals surface area contributed by atoms with Crippen LogP contribution in [-0.2, 0) is 17.8 Å². The first-order valence-corrected chi connectivity index (χ1v) is 9.94. The second-order valence-corrected chi connectivity index (χ2v) is 8.05. The molecule has 0 spiro atoms. The Balaban J connectivity index is 1.43. The minimum absolute atomic E-state index is 0.0181. The van der Waals surface area contributed by atoms with Crippen molar-refractivity contribution in [3.8, 4) is 0 Å². The number of rotatable bonds is 7. The van der Waals surface area contributed by atoms with Gasteiger partial charge in [0.1, 0.15) is 0 Å². The monoisotopic (exact) mass is 357 g/mol. The summed E-state index contributed by atoms with van der Waals surface area (Å²) in [6, 6.07) is 10.4. The van der Waals surface area contributed by atoms with Gasteiger partial charge in [0.15, 0.2) is 0 Å². The van der Waals surface area contributed by atoms with E-state index in [2.05, 4.69) is 53.3 Å². The van der Waals surface area contributed by atoms with Crippen molar-refractivity contribution in [3.05, 3.63) is 51.5 Å². The van der Waals surface area contributed by atoms with Crippen molar-refractivity contribution in [2.24, 2.45) is 0 Å². The third-order valence-corrected chi connectivity index (χ3v) is 5.97. The number of aromatic nitrogens is 1. The zero-order valence-corrected chi connectivity index (χ0v) is 15.9. The van der Waals surface area contributed by atoms with Crippen LogP contribution in [0.5, 0.6) is 0 Å². The van der Waals surface area contributed by atoms with Gasteiger partial charge in [0.25, 0.3) is 0 Å². The molecule has 1 fully saturated rings. The molecule has 1 aliphatic rings. The summed E-state index contributed by atoms with van der Waals surface area (Å²) in [5.74, 6) is 0.180. The molecule has 1 N–H and O–H groups in total. The summed E-state index contributed by atoms with van der Waals surface area (Å²) in [5, 5.41) is 4.30. The second kappa shape index (κ2) is 8.59. The summed E-state index contributed by atoms with van der Waals surface area (Å²) in [6.45, 7) is 6.76. The molecule has 1 atom stereocenters. The number of carbonyl (C=O) groups is 1. The SMILES string of the molecule is Cc1nc(CCCNC(=O)[C@@H]2CCCN2Cc2ccccc2)sc1C. The molecule has 2 heterocycles. The van der Waals surface area contributed by atoms with Gasteiger partial charge in [-0.3, -0.25) is 9.69 Å². The Bertz CT molecular complexity index is 679. The van der Waals surface area contributed by atoms with Crippen molar-refractivity contribution in [1.82, 2.24) is 15.2 Å². The largest absolute Gasteiger partial charge is 0.355 e. The normalized spacial score (nSPS) is 17.8. The molecule has 0 radical (unpaired) electrons. The lowest BCUT2D eigenvalue weighted by molar-refractivity contribution is -0.125. The molecule has 2 aromatic rings. The van der Waals surface area contributed by atoms with Crippen LogP contribution in [0, 0.1) is 13.8 Å². The fraction of sp³-hybridized carbons (Fsp3) is 0.500. The summed E-state index contributed by atoms with van der Waals surface area (Å²) >= 11 is 1.77. The maximum atomic E-state index is 12.5. The predicted molar refractivity (Wildman–Crippen MR) is 103 cm³/mol. The summed E-state index contributed by atoms with van der Waals surface area (Å²) in [4.78, 5) is 20.7. The number of benzene rings is 1. The van der Waals surface area contributed by atoms with Crippen LogP contribution in [0.25, 0.3) is 0 Å². The van der Waals surface area contributed by atoms with E-state index in [1.807, 2.05) is 6.07 Å². The first-order valence-electron chi connectivity index (χ1n) is 9.12. The highest BCUT2D eigenvalue weighted by molar-refractivity contribution is 7.11. The van der Waals surface area contributed by atoms with E-state index in [1.165, 1.54) is 15.4 Å². The van der Waals surface area contributed by atoms with Crippen molar-refractivity contribution in [2.75, 3.05) is 13.1 Å². The molecule has 1 aromatic heterocycles. The molecule has 4 nitrogen and oxygen atoms in total. The Hall–Kier alpha value is -1.72. The fourth-order valence-electron chi connectivity index (χ4n) is 3.35. The van der Waals surface area contributed by atoms with Gasteiger partial charge in [-0.1, -0.05) is 30.3 Å². The van der Waals surface area contributed by atoms with Gasteiger partial charge in [0.05, 0.1) is 16.7 Å². The van der Waals surface area contributed by atoms with E-state index < -0.39 is 0 Å². The number of aryl methyl sites for hydroxylation is 3. The zero-order chi connectivity index (χ0) is 17.6. The van der Waals surface area contributed by atoms with Crippen LogP contribution < -0.4 is 5.32 Å².